The maximum absolute atomic E-state index is 13.3. The number of ether oxygens (including phenoxy) is 2. The smallest absolute Gasteiger partial charge is 0.196 e. The van der Waals surface area contributed by atoms with E-state index in [1.807, 2.05) is 60.7 Å². The zero-order chi connectivity index (χ0) is 26.1. The molecule has 0 bridgehead atoms. The topological polar surface area (TPSA) is 70.7 Å². The molecule has 37 heavy (non-hydrogen) atoms. The molecule has 3 aromatic heterocycles. The van der Waals surface area contributed by atoms with E-state index in [-0.39, 0.29) is 5.78 Å². The summed E-state index contributed by atoms with van der Waals surface area (Å²) in [5, 5.41) is 10.6. The van der Waals surface area contributed by atoms with Crippen molar-refractivity contribution in [1.82, 2.24) is 19.2 Å². The lowest BCUT2D eigenvalue weighted by Gasteiger charge is -2.12. The average molecular weight is 515 g/mol. The van der Waals surface area contributed by atoms with Crippen LogP contribution in [0.15, 0.2) is 59.8 Å². The number of fused-ring (bicyclic) bond motifs is 3. The Morgan fingerprint density at radius 2 is 1.73 bits per heavy atom. The Balaban J connectivity index is 1.32. The Kier molecular flexibility index (Phi) is 6.93. The fourth-order valence-electron chi connectivity index (χ4n) is 4.88. The van der Waals surface area contributed by atoms with Gasteiger partial charge in [0, 0.05) is 28.9 Å². The van der Waals surface area contributed by atoms with Crippen LogP contribution in [-0.4, -0.2) is 44.9 Å². The standard InChI is InChI=1S/C29H30N4O3S/c1-18-14-28-30-31-29(33(28)24-9-7-6-8-22(18)24)37-17-25(34)23-15-19(2)32(20(23)3)13-12-21-10-11-26(35-4)27(16-21)36-5/h6-11,14-16H,12-13,17H2,1-5H3. The molecule has 0 aliphatic carbocycles. The van der Waals surface area contributed by atoms with Crippen LogP contribution in [0.5, 0.6) is 11.5 Å². The molecule has 0 N–H and O–H groups in total. The molecule has 2 aromatic carbocycles. The highest BCUT2D eigenvalue weighted by molar-refractivity contribution is 7.99. The molecule has 0 amide bonds. The summed E-state index contributed by atoms with van der Waals surface area (Å²) in [6, 6.07) is 18.2. The van der Waals surface area contributed by atoms with Gasteiger partial charge in [0.05, 0.1) is 25.5 Å². The summed E-state index contributed by atoms with van der Waals surface area (Å²) in [7, 11) is 3.28. The van der Waals surface area contributed by atoms with Crippen molar-refractivity contribution in [3.63, 3.8) is 0 Å². The lowest BCUT2D eigenvalue weighted by molar-refractivity contribution is 0.102. The van der Waals surface area contributed by atoms with Crippen molar-refractivity contribution in [1.29, 1.82) is 0 Å². The monoisotopic (exact) mass is 514 g/mol. The lowest BCUT2D eigenvalue weighted by Crippen LogP contribution is -2.08. The first-order valence-corrected chi connectivity index (χ1v) is 13.2. The van der Waals surface area contributed by atoms with Crippen molar-refractivity contribution in [3.05, 3.63) is 82.7 Å². The minimum absolute atomic E-state index is 0.0867. The van der Waals surface area contributed by atoms with Gasteiger partial charge in [0.25, 0.3) is 0 Å². The average Bonchev–Trinajstić information content (AvgIpc) is 3.45. The highest BCUT2D eigenvalue weighted by atomic mass is 32.2. The number of aromatic nitrogens is 4. The third-order valence-corrected chi connectivity index (χ3v) is 7.78. The van der Waals surface area contributed by atoms with E-state index in [9.17, 15) is 4.79 Å². The van der Waals surface area contributed by atoms with Crippen molar-refractivity contribution >= 4 is 34.1 Å². The van der Waals surface area contributed by atoms with E-state index < -0.39 is 0 Å². The zero-order valence-electron chi connectivity index (χ0n) is 21.7. The summed E-state index contributed by atoms with van der Waals surface area (Å²) >= 11 is 1.43. The molecule has 3 heterocycles. The Morgan fingerprint density at radius 3 is 2.51 bits per heavy atom. The number of ketones is 1. The number of nitrogens with zero attached hydrogens (tertiary/aromatic N) is 4. The number of methoxy groups -OCH3 is 2. The number of para-hydroxylation sites is 1. The van der Waals surface area contributed by atoms with Gasteiger partial charge in [0.1, 0.15) is 0 Å². The molecule has 7 nitrogen and oxygen atoms in total. The molecule has 5 aromatic rings. The third-order valence-electron chi connectivity index (χ3n) is 6.85. The second-order valence-electron chi connectivity index (χ2n) is 9.11. The molecule has 0 saturated heterocycles. The summed E-state index contributed by atoms with van der Waals surface area (Å²) in [5.74, 6) is 1.82. The van der Waals surface area contributed by atoms with Gasteiger partial charge < -0.3 is 14.0 Å². The van der Waals surface area contributed by atoms with Gasteiger partial charge in [-0.25, -0.2) is 0 Å². The first-order valence-electron chi connectivity index (χ1n) is 12.2. The van der Waals surface area contributed by atoms with Crippen LogP contribution < -0.4 is 9.47 Å². The number of aryl methyl sites for hydroxylation is 3. The van der Waals surface area contributed by atoms with E-state index in [4.69, 9.17) is 9.47 Å². The number of thioether (sulfide) groups is 1. The second kappa shape index (κ2) is 10.3. The molecular formula is C29H30N4O3S. The minimum Gasteiger partial charge on any atom is -0.493 e. The predicted octanol–water partition coefficient (Wildman–Crippen LogP) is 5.84. The summed E-state index contributed by atoms with van der Waals surface area (Å²) in [4.78, 5) is 13.3. The number of carbonyl (C=O) groups is 1. The van der Waals surface area contributed by atoms with E-state index in [0.29, 0.717) is 11.5 Å². The Labute approximate surface area is 220 Å². The molecule has 0 saturated carbocycles. The van der Waals surface area contributed by atoms with Crippen LogP contribution in [0.4, 0.5) is 0 Å². The summed E-state index contributed by atoms with van der Waals surface area (Å²) in [5.41, 5.74) is 6.95. The first kappa shape index (κ1) is 24.9. The Bertz CT molecular complexity index is 1620. The second-order valence-corrected chi connectivity index (χ2v) is 10.1. The summed E-state index contributed by atoms with van der Waals surface area (Å²) in [6.07, 6.45) is 0.817. The zero-order valence-corrected chi connectivity index (χ0v) is 22.6. The van der Waals surface area contributed by atoms with Gasteiger partial charge in [0.2, 0.25) is 0 Å². The highest BCUT2D eigenvalue weighted by Crippen LogP contribution is 2.29. The number of hydrogen-bond acceptors (Lipinski definition) is 6. The van der Waals surface area contributed by atoms with E-state index in [0.717, 1.165) is 68.5 Å². The van der Waals surface area contributed by atoms with Gasteiger partial charge in [0.15, 0.2) is 28.1 Å². The molecule has 0 unspecified atom stereocenters. The van der Waals surface area contributed by atoms with Crippen molar-refractivity contribution in [2.45, 2.75) is 38.9 Å². The number of Topliss-reactive ketones (excluding diaryl/α,β-unsaturated/α-hetero) is 1. The van der Waals surface area contributed by atoms with Gasteiger partial charge in [-0.2, -0.15) is 0 Å². The van der Waals surface area contributed by atoms with E-state index in [1.54, 1.807) is 14.2 Å². The molecule has 0 aliphatic heterocycles. The van der Waals surface area contributed by atoms with Crippen molar-refractivity contribution in [2.24, 2.45) is 0 Å². The molecule has 5 rings (SSSR count). The van der Waals surface area contributed by atoms with Crippen LogP contribution in [0.25, 0.3) is 16.6 Å². The minimum atomic E-state index is 0.0867. The van der Waals surface area contributed by atoms with Crippen molar-refractivity contribution in [2.75, 3.05) is 20.0 Å². The van der Waals surface area contributed by atoms with Gasteiger partial charge in [-0.05, 0) is 68.7 Å². The largest absolute Gasteiger partial charge is 0.493 e. The number of carbonyl (C=O) groups excluding carboxylic acids is 1. The maximum Gasteiger partial charge on any atom is 0.196 e. The fourth-order valence-corrected chi connectivity index (χ4v) is 5.72. The van der Waals surface area contributed by atoms with E-state index in [1.165, 1.54) is 11.8 Å². The summed E-state index contributed by atoms with van der Waals surface area (Å²) < 4.78 is 15.0. The molecule has 0 radical (unpaired) electrons. The van der Waals surface area contributed by atoms with Crippen LogP contribution in [-0.2, 0) is 13.0 Å². The number of hydrogen-bond donors (Lipinski definition) is 0. The molecule has 0 spiro atoms. The SMILES string of the molecule is COc1ccc(CCn2c(C)cc(C(=O)CSc3nnc4cc(C)c5ccccc5n34)c2C)cc1OC. The van der Waals surface area contributed by atoms with Crippen LogP contribution >= 0.6 is 11.8 Å². The molecule has 0 aliphatic rings. The first-order chi connectivity index (χ1) is 17.9. The molecule has 0 fully saturated rings. The lowest BCUT2D eigenvalue weighted by atomic mass is 10.1. The number of pyridine rings is 1. The van der Waals surface area contributed by atoms with Crippen LogP contribution in [0.1, 0.15) is 32.9 Å². The summed E-state index contributed by atoms with van der Waals surface area (Å²) in [6.45, 7) is 6.91. The van der Waals surface area contributed by atoms with Gasteiger partial charge in [-0.15, -0.1) is 10.2 Å². The number of benzene rings is 2. The van der Waals surface area contributed by atoms with Gasteiger partial charge in [-0.3, -0.25) is 9.20 Å². The van der Waals surface area contributed by atoms with Gasteiger partial charge >= 0.3 is 0 Å². The molecule has 8 heteroatoms. The predicted molar refractivity (Wildman–Crippen MR) is 147 cm³/mol. The Hall–Kier alpha value is -3.78. The van der Waals surface area contributed by atoms with E-state index in [2.05, 4.69) is 33.8 Å². The fraction of sp³-hybridized carbons (Fsp3) is 0.276. The Morgan fingerprint density at radius 1 is 0.946 bits per heavy atom. The third kappa shape index (κ3) is 4.69. The van der Waals surface area contributed by atoms with Crippen LogP contribution in [0, 0.1) is 20.8 Å². The highest BCUT2D eigenvalue weighted by Gasteiger charge is 2.18. The molecule has 0 atom stereocenters. The van der Waals surface area contributed by atoms with Crippen molar-refractivity contribution in [3.8, 4) is 11.5 Å². The molecular weight excluding hydrogens is 484 g/mol. The van der Waals surface area contributed by atoms with Gasteiger partial charge in [-0.1, -0.05) is 36.0 Å². The quantitative estimate of drug-likeness (QED) is 0.182. The normalized spacial score (nSPS) is 11.4. The molecule has 190 valence electrons. The maximum atomic E-state index is 13.3. The van der Waals surface area contributed by atoms with Crippen LogP contribution in [0.3, 0.4) is 0 Å². The van der Waals surface area contributed by atoms with E-state index >= 15 is 0 Å². The van der Waals surface area contributed by atoms with Crippen LogP contribution in [0.2, 0.25) is 0 Å². The number of rotatable bonds is 9. The van der Waals surface area contributed by atoms with Crippen molar-refractivity contribution < 1.29 is 14.3 Å².